The molecule has 1 aromatic carbocycles. The molecular weight excluding hydrogens is 236 g/mol. The van der Waals surface area contributed by atoms with Crippen molar-refractivity contribution in [2.45, 2.75) is 25.9 Å². The summed E-state index contributed by atoms with van der Waals surface area (Å²) in [4.78, 5) is 0. The van der Waals surface area contributed by atoms with Gasteiger partial charge in [0.15, 0.2) is 6.29 Å². The highest BCUT2D eigenvalue weighted by Gasteiger charge is 2.12. The minimum Gasteiger partial charge on any atom is -0.352 e. The zero-order valence-corrected chi connectivity index (χ0v) is 11.2. The Hall–Kier alpha value is -0.710. The molecule has 1 rings (SSSR count). The number of ether oxygens (including phenoxy) is 2. The van der Waals surface area contributed by atoms with Crippen LogP contribution in [-0.4, -0.2) is 29.5 Å². The van der Waals surface area contributed by atoms with Crippen molar-refractivity contribution in [1.29, 1.82) is 0 Å². The van der Waals surface area contributed by atoms with Gasteiger partial charge in [-0.05, 0) is 19.4 Å². The van der Waals surface area contributed by atoms with Crippen molar-refractivity contribution in [3.05, 3.63) is 35.9 Å². The van der Waals surface area contributed by atoms with E-state index in [1.165, 1.54) is 0 Å². The van der Waals surface area contributed by atoms with E-state index in [0.29, 0.717) is 24.7 Å². The fraction of sp³-hybridized carbons (Fsp3) is 0.538. The molecule has 1 atom stereocenters. The zero-order valence-electron chi connectivity index (χ0n) is 10.4. The first kappa shape index (κ1) is 14.4. The second-order valence-corrected chi connectivity index (χ2v) is 5.08. The molecule has 0 aromatic heterocycles. The molecule has 3 nitrogen and oxygen atoms in total. The lowest BCUT2D eigenvalue weighted by Gasteiger charge is -2.16. The Labute approximate surface area is 106 Å². The van der Waals surface area contributed by atoms with E-state index in [4.69, 9.17) is 9.47 Å². The van der Waals surface area contributed by atoms with Crippen LogP contribution in [0.25, 0.3) is 0 Å². The molecule has 0 amide bonds. The van der Waals surface area contributed by atoms with Crippen molar-refractivity contribution < 1.29 is 13.7 Å². The lowest BCUT2D eigenvalue weighted by molar-refractivity contribution is -0.120. The highest BCUT2D eigenvalue weighted by Crippen LogP contribution is 2.06. The van der Waals surface area contributed by atoms with Crippen molar-refractivity contribution in [3.63, 3.8) is 0 Å². The van der Waals surface area contributed by atoms with Crippen LogP contribution in [0.2, 0.25) is 0 Å². The van der Waals surface area contributed by atoms with E-state index in [9.17, 15) is 4.21 Å². The Balaban J connectivity index is 2.42. The van der Waals surface area contributed by atoms with Gasteiger partial charge in [0.25, 0.3) is 0 Å². The van der Waals surface area contributed by atoms with E-state index in [2.05, 4.69) is 0 Å². The summed E-state index contributed by atoms with van der Waals surface area (Å²) in [6.45, 7) is 4.97. The van der Waals surface area contributed by atoms with Crippen LogP contribution in [0.3, 0.4) is 0 Å². The van der Waals surface area contributed by atoms with Gasteiger partial charge in [0.05, 0.1) is 5.75 Å². The van der Waals surface area contributed by atoms with Crippen LogP contribution in [-0.2, 0) is 26.0 Å². The van der Waals surface area contributed by atoms with E-state index in [-0.39, 0.29) is 6.29 Å². The Morgan fingerprint density at radius 3 is 2.24 bits per heavy atom. The zero-order chi connectivity index (χ0) is 12.5. The maximum Gasteiger partial charge on any atom is 0.168 e. The van der Waals surface area contributed by atoms with Crippen LogP contribution in [0.15, 0.2) is 30.3 Å². The summed E-state index contributed by atoms with van der Waals surface area (Å²) in [5, 5.41) is 0. The van der Waals surface area contributed by atoms with Crippen LogP contribution >= 0.6 is 0 Å². The van der Waals surface area contributed by atoms with Gasteiger partial charge in [-0.3, -0.25) is 4.21 Å². The summed E-state index contributed by atoms with van der Waals surface area (Å²) in [7, 11) is -0.954. The third-order valence-electron chi connectivity index (χ3n) is 2.20. The fourth-order valence-electron chi connectivity index (χ4n) is 1.49. The van der Waals surface area contributed by atoms with Crippen molar-refractivity contribution in [2.24, 2.45) is 0 Å². The van der Waals surface area contributed by atoms with Gasteiger partial charge in [-0.2, -0.15) is 0 Å². The van der Waals surface area contributed by atoms with Gasteiger partial charge in [-0.1, -0.05) is 30.3 Å². The third-order valence-corrected chi connectivity index (χ3v) is 3.50. The van der Waals surface area contributed by atoms with E-state index in [0.717, 1.165) is 5.56 Å². The van der Waals surface area contributed by atoms with Crippen LogP contribution in [0.4, 0.5) is 0 Å². The summed E-state index contributed by atoms with van der Waals surface area (Å²) in [6, 6.07) is 9.82. The van der Waals surface area contributed by atoms with Crippen molar-refractivity contribution in [3.8, 4) is 0 Å². The van der Waals surface area contributed by atoms with Crippen LogP contribution in [0, 0.1) is 0 Å². The van der Waals surface area contributed by atoms with E-state index < -0.39 is 10.8 Å². The molecule has 0 radical (unpaired) electrons. The summed E-state index contributed by atoms with van der Waals surface area (Å²) >= 11 is 0. The van der Waals surface area contributed by atoms with Gasteiger partial charge in [-0.15, -0.1) is 0 Å². The van der Waals surface area contributed by atoms with Gasteiger partial charge in [-0.25, -0.2) is 0 Å². The van der Waals surface area contributed by atoms with Gasteiger partial charge < -0.3 is 9.47 Å². The second kappa shape index (κ2) is 8.39. The van der Waals surface area contributed by atoms with Gasteiger partial charge in [0.1, 0.15) is 0 Å². The van der Waals surface area contributed by atoms with E-state index >= 15 is 0 Å². The third kappa shape index (κ3) is 5.96. The lowest BCUT2D eigenvalue weighted by atomic mass is 10.2. The van der Waals surface area contributed by atoms with Crippen LogP contribution in [0.1, 0.15) is 19.4 Å². The largest absolute Gasteiger partial charge is 0.352 e. The quantitative estimate of drug-likeness (QED) is 0.670. The number of rotatable bonds is 8. The van der Waals surface area contributed by atoms with Crippen LogP contribution in [0.5, 0.6) is 0 Å². The molecule has 1 unspecified atom stereocenters. The molecule has 0 saturated heterocycles. The molecular formula is C13H20O3S. The topological polar surface area (TPSA) is 35.5 Å². The predicted molar refractivity (Wildman–Crippen MR) is 70.2 cm³/mol. The average molecular weight is 256 g/mol. The molecule has 96 valence electrons. The van der Waals surface area contributed by atoms with E-state index in [1.807, 2.05) is 44.2 Å². The predicted octanol–water partition coefficient (Wildman–Crippen LogP) is 2.33. The second-order valence-electron chi connectivity index (χ2n) is 3.58. The lowest BCUT2D eigenvalue weighted by Crippen LogP contribution is -2.25. The summed E-state index contributed by atoms with van der Waals surface area (Å²) in [5.74, 6) is 0.980. The van der Waals surface area contributed by atoms with Gasteiger partial charge in [0, 0.05) is 29.8 Å². The van der Waals surface area contributed by atoms with Gasteiger partial charge >= 0.3 is 0 Å². The number of hydrogen-bond acceptors (Lipinski definition) is 3. The Bertz CT molecular complexity index is 321. The standard InChI is InChI=1S/C13H20O3S/c1-3-15-13(16-4-2)11-17(14)10-12-8-6-5-7-9-12/h5-9,13H,3-4,10-11H2,1-2H3. The van der Waals surface area contributed by atoms with E-state index in [1.54, 1.807) is 0 Å². The molecule has 17 heavy (non-hydrogen) atoms. The number of hydrogen-bond donors (Lipinski definition) is 0. The summed E-state index contributed by atoms with van der Waals surface area (Å²) in [6.07, 6.45) is -0.352. The molecule has 0 spiro atoms. The Morgan fingerprint density at radius 1 is 1.12 bits per heavy atom. The smallest absolute Gasteiger partial charge is 0.168 e. The van der Waals surface area contributed by atoms with Crippen molar-refractivity contribution >= 4 is 10.8 Å². The molecule has 0 saturated carbocycles. The first-order valence-corrected chi connectivity index (χ1v) is 7.37. The first-order valence-electron chi connectivity index (χ1n) is 5.88. The number of benzene rings is 1. The fourth-order valence-corrected chi connectivity index (χ4v) is 2.67. The average Bonchev–Trinajstić information content (AvgIpc) is 2.30. The molecule has 0 aliphatic rings. The Kier molecular flexibility index (Phi) is 7.08. The van der Waals surface area contributed by atoms with Crippen molar-refractivity contribution in [1.82, 2.24) is 0 Å². The summed E-state index contributed by atoms with van der Waals surface area (Å²) in [5.41, 5.74) is 1.08. The molecule has 4 heteroatoms. The minimum atomic E-state index is -0.954. The molecule has 0 aliphatic heterocycles. The molecule has 0 bridgehead atoms. The maximum absolute atomic E-state index is 11.9. The molecule has 1 aromatic rings. The van der Waals surface area contributed by atoms with Crippen molar-refractivity contribution in [2.75, 3.05) is 19.0 Å². The maximum atomic E-state index is 11.9. The van der Waals surface area contributed by atoms with Crippen LogP contribution < -0.4 is 0 Å². The Morgan fingerprint density at radius 2 is 1.71 bits per heavy atom. The van der Waals surface area contributed by atoms with Gasteiger partial charge in [0.2, 0.25) is 0 Å². The molecule has 0 N–H and O–H groups in total. The molecule has 0 fully saturated rings. The highest BCUT2D eigenvalue weighted by atomic mass is 32.2. The molecule has 0 aliphatic carbocycles. The normalized spacial score (nSPS) is 12.9. The summed E-state index contributed by atoms with van der Waals surface area (Å²) < 4.78 is 22.7. The minimum absolute atomic E-state index is 0.352. The first-order chi connectivity index (χ1) is 8.26. The highest BCUT2D eigenvalue weighted by molar-refractivity contribution is 7.84. The SMILES string of the molecule is CCOC(CS(=O)Cc1ccccc1)OCC. The molecule has 0 heterocycles. The monoisotopic (exact) mass is 256 g/mol.